The van der Waals surface area contributed by atoms with Crippen molar-refractivity contribution in [3.8, 4) is 0 Å². The molecule has 4 nitrogen and oxygen atoms in total. The molecule has 0 bridgehead atoms. The van der Waals surface area contributed by atoms with Crippen LogP contribution in [0.2, 0.25) is 0 Å². The van der Waals surface area contributed by atoms with Crippen molar-refractivity contribution in [2.75, 3.05) is 36.4 Å². The van der Waals surface area contributed by atoms with Gasteiger partial charge in [0.15, 0.2) is 0 Å². The van der Waals surface area contributed by atoms with Crippen LogP contribution in [0.3, 0.4) is 0 Å². The molecule has 2 aliphatic heterocycles. The normalized spacial score (nSPS) is 22.9. The van der Waals surface area contributed by atoms with Gasteiger partial charge in [-0.05, 0) is 44.4 Å². The Hall–Kier alpha value is -1.55. The number of hydrogen-bond acceptors (Lipinski definition) is 3. The van der Waals surface area contributed by atoms with Gasteiger partial charge >= 0.3 is 0 Å². The summed E-state index contributed by atoms with van der Waals surface area (Å²) in [6, 6.07) is 8.25. The van der Waals surface area contributed by atoms with Gasteiger partial charge in [-0.3, -0.25) is 4.79 Å². The molecule has 0 spiro atoms. The lowest BCUT2D eigenvalue weighted by Crippen LogP contribution is -2.37. The largest absolute Gasteiger partial charge is 0.370 e. The summed E-state index contributed by atoms with van der Waals surface area (Å²) < 4.78 is 0. The zero-order valence-corrected chi connectivity index (χ0v) is 13.3. The Morgan fingerprint density at radius 3 is 2.59 bits per heavy atom. The van der Waals surface area contributed by atoms with E-state index in [0.717, 1.165) is 44.7 Å². The number of rotatable bonds is 3. The number of nitrogens with one attached hydrogen (secondary N) is 2. The number of anilines is 2. The lowest BCUT2D eigenvalue weighted by atomic mass is 9.98. The van der Waals surface area contributed by atoms with Crippen molar-refractivity contribution >= 4 is 17.3 Å². The molecule has 1 amide bonds. The summed E-state index contributed by atoms with van der Waals surface area (Å²) in [5.41, 5.74) is 2.15. The number of hydrogen-bond donors (Lipinski definition) is 2. The van der Waals surface area contributed by atoms with Gasteiger partial charge in [-0.25, -0.2) is 0 Å². The van der Waals surface area contributed by atoms with Gasteiger partial charge in [0.25, 0.3) is 0 Å². The molecular formula is C18H27N3O. The number of carbonyl (C=O) groups is 1. The molecule has 2 aliphatic rings. The van der Waals surface area contributed by atoms with Crippen molar-refractivity contribution in [3.63, 3.8) is 0 Å². The first-order valence-electron chi connectivity index (χ1n) is 8.70. The molecule has 0 aliphatic carbocycles. The molecule has 2 saturated heterocycles. The number of nitrogens with zero attached hydrogens (tertiary/aromatic N) is 1. The van der Waals surface area contributed by atoms with Crippen LogP contribution in [0, 0.1) is 5.92 Å². The third-order valence-electron chi connectivity index (χ3n) is 4.78. The Morgan fingerprint density at radius 1 is 1.09 bits per heavy atom. The van der Waals surface area contributed by atoms with E-state index in [1.807, 2.05) is 12.1 Å². The van der Waals surface area contributed by atoms with Crippen LogP contribution in [0.1, 0.15) is 38.5 Å². The number of para-hydroxylation sites is 2. The summed E-state index contributed by atoms with van der Waals surface area (Å²) >= 11 is 0. The predicted octanol–water partition coefficient (Wildman–Crippen LogP) is 3.01. The van der Waals surface area contributed by atoms with Crippen LogP contribution in [0.4, 0.5) is 11.4 Å². The fourth-order valence-corrected chi connectivity index (χ4v) is 3.48. The summed E-state index contributed by atoms with van der Waals surface area (Å²) in [4.78, 5) is 14.9. The molecule has 120 valence electrons. The van der Waals surface area contributed by atoms with Crippen LogP contribution >= 0.6 is 0 Å². The topological polar surface area (TPSA) is 44.4 Å². The highest BCUT2D eigenvalue weighted by atomic mass is 16.1. The Balaban J connectivity index is 1.71. The first-order chi connectivity index (χ1) is 10.8. The van der Waals surface area contributed by atoms with Crippen LogP contribution in [-0.4, -0.2) is 32.1 Å². The summed E-state index contributed by atoms with van der Waals surface area (Å²) in [5.74, 6) is 0.264. The quantitative estimate of drug-likeness (QED) is 0.902. The molecular weight excluding hydrogens is 274 g/mol. The van der Waals surface area contributed by atoms with E-state index in [2.05, 4.69) is 27.7 Å². The molecule has 0 saturated carbocycles. The van der Waals surface area contributed by atoms with Crippen LogP contribution in [0.5, 0.6) is 0 Å². The molecule has 22 heavy (non-hydrogen) atoms. The molecule has 1 atom stereocenters. The molecule has 1 unspecified atom stereocenters. The summed E-state index contributed by atoms with van der Waals surface area (Å²) in [6.07, 6.45) is 7.21. The third-order valence-corrected chi connectivity index (χ3v) is 4.78. The fourth-order valence-electron chi connectivity index (χ4n) is 3.48. The van der Waals surface area contributed by atoms with E-state index in [-0.39, 0.29) is 11.8 Å². The zero-order valence-electron chi connectivity index (χ0n) is 13.3. The predicted molar refractivity (Wildman–Crippen MR) is 91.3 cm³/mol. The Kier molecular flexibility index (Phi) is 5.33. The van der Waals surface area contributed by atoms with Gasteiger partial charge < -0.3 is 15.5 Å². The van der Waals surface area contributed by atoms with Crippen molar-refractivity contribution in [1.29, 1.82) is 0 Å². The number of piperidine rings is 1. The SMILES string of the molecule is O=C(Nc1ccccc1N1CCCCCC1)C1CCCNC1. The Morgan fingerprint density at radius 2 is 1.86 bits per heavy atom. The smallest absolute Gasteiger partial charge is 0.228 e. The Bertz CT molecular complexity index is 489. The highest BCUT2D eigenvalue weighted by Gasteiger charge is 2.22. The maximum absolute atomic E-state index is 12.5. The fraction of sp³-hybridized carbons (Fsp3) is 0.611. The van der Waals surface area contributed by atoms with Crippen LogP contribution < -0.4 is 15.5 Å². The molecule has 2 heterocycles. The van der Waals surface area contributed by atoms with Crippen molar-refractivity contribution in [1.82, 2.24) is 5.32 Å². The second-order valence-corrected chi connectivity index (χ2v) is 6.45. The van der Waals surface area contributed by atoms with Crippen LogP contribution in [-0.2, 0) is 4.79 Å². The first-order valence-corrected chi connectivity index (χ1v) is 8.70. The van der Waals surface area contributed by atoms with Crippen LogP contribution in [0.15, 0.2) is 24.3 Å². The van der Waals surface area contributed by atoms with Gasteiger partial charge in [-0.1, -0.05) is 25.0 Å². The minimum absolute atomic E-state index is 0.103. The minimum Gasteiger partial charge on any atom is -0.370 e. The van der Waals surface area contributed by atoms with E-state index >= 15 is 0 Å². The van der Waals surface area contributed by atoms with E-state index in [1.165, 1.54) is 31.4 Å². The van der Waals surface area contributed by atoms with Crippen molar-refractivity contribution in [2.24, 2.45) is 5.92 Å². The Labute approximate surface area is 133 Å². The maximum atomic E-state index is 12.5. The van der Waals surface area contributed by atoms with E-state index in [1.54, 1.807) is 0 Å². The number of carbonyl (C=O) groups excluding carboxylic acids is 1. The van der Waals surface area contributed by atoms with Crippen LogP contribution in [0.25, 0.3) is 0 Å². The van der Waals surface area contributed by atoms with E-state index in [9.17, 15) is 4.79 Å². The van der Waals surface area contributed by atoms with Crippen molar-refractivity contribution in [3.05, 3.63) is 24.3 Å². The van der Waals surface area contributed by atoms with Crippen molar-refractivity contribution in [2.45, 2.75) is 38.5 Å². The number of amides is 1. The van der Waals surface area contributed by atoms with Gasteiger partial charge in [-0.2, -0.15) is 0 Å². The van der Waals surface area contributed by atoms with Gasteiger partial charge in [0.05, 0.1) is 17.3 Å². The third kappa shape index (κ3) is 3.80. The molecule has 0 aromatic heterocycles. The highest BCUT2D eigenvalue weighted by Crippen LogP contribution is 2.28. The standard InChI is InChI=1S/C18H27N3O/c22-18(15-8-7-11-19-14-15)20-16-9-3-4-10-17(16)21-12-5-1-2-6-13-21/h3-4,9-10,15,19H,1-2,5-8,11-14H2,(H,20,22). The highest BCUT2D eigenvalue weighted by molar-refractivity contribution is 5.96. The molecule has 1 aromatic rings. The van der Waals surface area contributed by atoms with Gasteiger partial charge in [0, 0.05) is 19.6 Å². The molecule has 2 N–H and O–H groups in total. The lowest BCUT2D eigenvalue weighted by Gasteiger charge is -2.27. The second-order valence-electron chi connectivity index (χ2n) is 6.45. The first kappa shape index (κ1) is 15.3. The molecule has 3 rings (SSSR count). The maximum Gasteiger partial charge on any atom is 0.228 e. The van der Waals surface area contributed by atoms with Gasteiger partial charge in [0.2, 0.25) is 5.91 Å². The monoisotopic (exact) mass is 301 g/mol. The number of benzene rings is 1. The average Bonchev–Trinajstić information content (AvgIpc) is 2.85. The van der Waals surface area contributed by atoms with E-state index in [0.29, 0.717) is 0 Å². The minimum atomic E-state index is 0.103. The van der Waals surface area contributed by atoms with E-state index in [4.69, 9.17) is 0 Å². The van der Waals surface area contributed by atoms with E-state index < -0.39 is 0 Å². The summed E-state index contributed by atoms with van der Waals surface area (Å²) in [6.45, 7) is 4.03. The van der Waals surface area contributed by atoms with Crippen molar-refractivity contribution < 1.29 is 4.79 Å². The zero-order chi connectivity index (χ0) is 15.2. The average molecular weight is 301 g/mol. The molecule has 4 heteroatoms. The summed E-state index contributed by atoms with van der Waals surface area (Å²) in [7, 11) is 0. The molecule has 1 aromatic carbocycles. The van der Waals surface area contributed by atoms with Gasteiger partial charge in [0.1, 0.15) is 0 Å². The lowest BCUT2D eigenvalue weighted by molar-refractivity contribution is -0.120. The molecule has 2 fully saturated rings. The second kappa shape index (κ2) is 7.63. The summed E-state index contributed by atoms with van der Waals surface area (Å²) in [5, 5.41) is 6.49. The molecule has 0 radical (unpaired) electrons. The van der Waals surface area contributed by atoms with Gasteiger partial charge in [-0.15, -0.1) is 0 Å².